The first-order valence-corrected chi connectivity index (χ1v) is 23.6. The number of rotatable bonds is 18. The molecule has 12 heteroatoms. The van der Waals surface area contributed by atoms with Gasteiger partial charge >= 0.3 is 11.9 Å². The van der Waals surface area contributed by atoms with Crippen LogP contribution in [-0.2, 0) is 32.0 Å². The van der Waals surface area contributed by atoms with Gasteiger partial charge in [-0.25, -0.2) is 9.59 Å². The number of carbonyl (C=O) groups excluding carboxylic acids is 2. The topological polar surface area (TPSA) is 125 Å². The molecular formula is C54H63N3O9. The number of fused-ring (bicyclic) bond motifs is 2. The first-order valence-electron chi connectivity index (χ1n) is 23.6. The summed E-state index contributed by atoms with van der Waals surface area (Å²) in [5, 5.41) is 2.28. The number of ether oxygens (including phenoxy) is 6. The molecule has 0 spiro atoms. The van der Waals surface area contributed by atoms with E-state index in [1.807, 2.05) is 61.7 Å². The summed E-state index contributed by atoms with van der Waals surface area (Å²) in [4.78, 5) is 34.1. The minimum atomic E-state index is -0.365. The summed E-state index contributed by atoms with van der Waals surface area (Å²) in [5.41, 5.74) is 10.0. The van der Waals surface area contributed by atoms with Crippen LogP contribution in [0.15, 0.2) is 89.7 Å². The third-order valence-electron chi connectivity index (χ3n) is 14.0. The van der Waals surface area contributed by atoms with Crippen LogP contribution in [0, 0.1) is 6.92 Å². The number of likely N-dealkylation sites (tertiary alicyclic amines) is 2. The van der Waals surface area contributed by atoms with Crippen LogP contribution in [0.5, 0.6) is 11.5 Å². The fraction of sp³-hybridized carbons (Fsp3) is 0.444. The number of furan rings is 1. The summed E-state index contributed by atoms with van der Waals surface area (Å²) in [6.07, 6.45) is 10.4. The van der Waals surface area contributed by atoms with Crippen LogP contribution in [0.3, 0.4) is 0 Å². The second-order valence-corrected chi connectivity index (χ2v) is 18.0. The summed E-state index contributed by atoms with van der Waals surface area (Å²) >= 11 is 0. The molecular weight excluding hydrogens is 835 g/mol. The van der Waals surface area contributed by atoms with Gasteiger partial charge in [0.1, 0.15) is 17.1 Å². The van der Waals surface area contributed by atoms with Gasteiger partial charge in [-0.15, -0.1) is 0 Å². The van der Waals surface area contributed by atoms with Crippen molar-refractivity contribution >= 4 is 33.8 Å². The van der Waals surface area contributed by atoms with E-state index in [0.29, 0.717) is 43.2 Å². The normalized spacial score (nSPS) is 20.4. The molecule has 3 aliphatic rings. The van der Waals surface area contributed by atoms with E-state index in [-0.39, 0.29) is 42.8 Å². The Labute approximate surface area is 387 Å². The van der Waals surface area contributed by atoms with E-state index in [4.69, 9.17) is 32.8 Å². The molecule has 4 aromatic carbocycles. The summed E-state index contributed by atoms with van der Waals surface area (Å²) in [5.74, 6) is 1.68. The van der Waals surface area contributed by atoms with E-state index >= 15 is 0 Å². The molecule has 348 valence electrons. The highest BCUT2D eigenvalue weighted by Gasteiger charge is 2.34. The monoisotopic (exact) mass is 897 g/mol. The Morgan fingerprint density at radius 2 is 1.32 bits per heavy atom. The second kappa shape index (κ2) is 20.5. The van der Waals surface area contributed by atoms with Crippen molar-refractivity contribution in [2.24, 2.45) is 0 Å². The number of benzene rings is 4. The average molecular weight is 898 g/mol. The Kier molecular flexibility index (Phi) is 14.1. The number of methoxy groups -OCH3 is 3. The number of esters is 2. The maximum Gasteiger partial charge on any atom is 0.338 e. The van der Waals surface area contributed by atoms with Crippen LogP contribution >= 0.6 is 0 Å². The first-order chi connectivity index (χ1) is 32.3. The molecule has 4 atom stereocenters. The van der Waals surface area contributed by atoms with Crippen molar-refractivity contribution in [3.8, 4) is 11.5 Å². The molecule has 2 aromatic heterocycles. The molecule has 1 saturated carbocycles. The quantitative estimate of drug-likeness (QED) is 0.0655. The van der Waals surface area contributed by atoms with Gasteiger partial charge in [0.15, 0.2) is 0 Å². The van der Waals surface area contributed by atoms with Gasteiger partial charge < -0.3 is 37.8 Å². The average Bonchev–Trinajstić information content (AvgIpc) is 3.84. The SMILES string of the molecule is CCO[C@H]1CCN(Cc2c(OC)cc(C3CC3)c3[nH]ccc23)[C@H](c2ccc(C(=O)OCCCO[C@H]3CCN(Cc4c(OC)cc(C)c5occc45)[C@H](c4ccc(C(=O)OC)cc4)C3)cc2)C1. The van der Waals surface area contributed by atoms with E-state index in [1.165, 1.54) is 42.0 Å². The lowest BCUT2D eigenvalue weighted by molar-refractivity contribution is -0.0241. The molecule has 1 aliphatic carbocycles. The molecule has 2 aliphatic heterocycles. The minimum absolute atomic E-state index is 0.00236. The maximum absolute atomic E-state index is 13.3. The number of carbonyl (C=O) groups is 2. The van der Waals surface area contributed by atoms with Crippen LogP contribution < -0.4 is 9.47 Å². The summed E-state index contributed by atoms with van der Waals surface area (Å²) in [7, 11) is 4.88. The van der Waals surface area contributed by atoms with Crippen molar-refractivity contribution in [3.05, 3.63) is 130 Å². The van der Waals surface area contributed by atoms with Crippen molar-refractivity contribution < 1.29 is 42.4 Å². The second-order valence-electron chi connectivity index (χ2n) is 18.0. The Bertz CT molecular complexity index is 2610. The molecule has 3 fully saturated rings. The Hall–Kier alpha value is -5.66. The van der Waals surface area contributed by atoms with Gasteiger partial charge in [-0.1, -0.05) is 24.3 Å². The molecule has 1 N–H and O–H groups in total. The lowest BCUT2D eigenvalue weighted by Gasteiger charge is -2.40. The van der Waals surface area contributed by atoms with Gasteiger partial charge in [0.2, 0.25) is 0 Å². The molecule has 0 bridgehead atoms. The van der Waals surface area contributed by atoms with Crippen molar-refractivity contribution in [1.82, 2.24) is 14.8 Å². The molecule has 9 rings (SSSR count). The number of H-pyrrole nitrogens is 1. The van der Waals surface area contributed by atoms with Gasteiger partial charge in [0.05, 0.1) is 64.1 Å². The molecule has 0 amide bonds. The van der Waals surface area contributed by atoms with E-state index in [1.54, 1.807) is 20.5 Å². The van der Waals surface area contributed by atoms with Crippen molar-refractivity contribution in [3.63, 3.8) is 0 Å². The number of nitrogens with zero attached hydrogens (tertiary/aromatic N) is 2. The molecule has 0 unspecified atom stereocenters. The lowest BCUT2D eigenvalue weighted by Crippen LogP contribution is -2.39. The number of hydrogen-bond donors (Lipinski definition) is 1. The Morgan fingerprint density at radius 3 is 1.92 bits per heavy atom. The molecule has 0 radical (unpaired) electrons. The highest BCUT2D eigenvalue weighted by atomic mass is 16.5. The van der Waals surface area contributed by atoms with E-state index in [0.717, 1.165) is 90.0 Å². The smallest absolute Gasteiger partial charge is 0.338 e. The fourth-order valence-electron chi connectivity index (χ4n) is 10.4. The van der Waals surface area contributed by atoms with Gasteiger partial charge in [0.25, 0.3) is 0 Å². The predicted octanol–water partition coefficient (Wildman–Crippen LogP) is 10.6. The van der Waals surface area contributed by atoms with Gasteiger partial charge in [0, 0.05) is 84.9 Å². The number of piperidine rings is 2. The van der Waals surface area contributed by atoms with Crippen LogP contribution in [0.2, 0.25) is 0 Å². The van der Waals surface area contributed by atoms with E-state index < -0.39 is 0 Å². The number of nitrogens with one attached hydrogen (secondary N) is 1. The molecule has 66 heavy (non-hydrogen) atoms. The summed E-state index contributed by atoms with van der Waals surface area (Å²) < 4.78 is 41.2. The number of aromatic amines is 1. The highest BCUT2D eigenvalue weighted by molar-refractivity contribution is 5.91. The highest BCUT2D eigenvalue weighted by Crippen LogP contribution is 2.47. The van der Waals surface area contributed by atoms with Gasteiger partial charge in [-0.2, -0.15) is 0 Å². The van der Waals surface area contributed by atoms with Crippen molar-refractivity contribution in [1.29, 1.82) is 0 Å². The molecule has 12 nitrogen and oxygen atoms in total. The zero-order chi connectivity index (χ0) is 45.7. The summed E-state index contributed by atoms with van der Waals surface area (Å²) in [6.45, 7) is 8.58. The van der Waals surface area contributed by atoms with Gasteiger partial charge in [-0.05, 0) is 129 Å². The van der Waals surface area contributed by atoms with Crippen LogP contribution in [0.25, 0.3) is 21.9 Å². The predicted molar refractivity (Wildman–Crippen MR) is 253 cm³/mol. The van der Waals surface area contributed by atoms with E-state index in [9.17, 15) is 9.59 Å². The van der Waals surface area contributed by atoms with Crippen molar-refractivity contribution in [2.45, 2.75) is 102 Å². The zero-order valence-corrected chi connectivity index (χ0v) is 38.9. The number of aryl methyl sites for hydroxylation is 1. The Morgan fingerprint density at radius 1 is 0.712 bits per heavy atom. The number of aromatic nitrogens is 1. The first kappa shape index (κ1) is 45.5. The van der Waals surface area contributed by atoms with Crippen LogP contribution in [-0.4, -0.2) is 93.2 Å². The third kappa shape index (κ3) is 9.74. The molecule has 4 heterocycles. The maximum atomic E-state index is 13.3. The summed E-state index contributed by atoms with van der Waals surface area (Å²) in [6, 6.07) is 24.2. The molecule has 2 saturated heterocycles. The largest absolute Gasteiger partial charge is 0.496 e. The Balaban J connectivity index is 0.815. The van der Waals surface area contributed by atoms with Crippen LogP contribution in [0.4, 0.5) is 0 Å². The zero-order valence-electron chi connectivity index (χ0n) is 38.9. The lowest BCUT2D eigenvalue weighted by atomic mass is 9.91. The third-order valence-corrected chi connectivity index (χ3v) is 14.0. The standard InChI is InChI=1S/C54H63N3O9/c1-6-63-40-19-23-56(32-45-42-18-22-55-51(42)44(35-8-9-35)31-50(45)61-4)47(29-40)37-12-16-39(17-13-37)54(59)66-26-7-25-64-41-20-24-57(48(30-41)36-10-14-38(15-11-36)53(58)62-5)33-46-43-21-27-65-52(43)34(2)28-49(46)60-3/h10-18,21-22,27-28,31,35,40-41,47-48,55H,6-9,19-20,23-26,29-30,32-33H2,1-5H3/t40-,41-,47-,48-/m0/s1. The fourth-order valence-corrected chi connectivity index (χ4v) is 10.4. The molecule has 6 aromatic rings. The van der Waals surface area contributed by atoms with Gasteiger partial charge in [-0.3, -0.25) is 9.80 Å². The minimum Gasteiger partial charge on any atom is -0.496 e. The van der Waals surface area contributed by atoms with Crippen molar-refractivity contribution in [2.75, 3.05) is 54.2 Å². The van der Waals surface area contributed by atoms with E-state index in [2.05, 4.69) is 46.0 Å². The number of hydrogen-bond acceptors (Lipinski definition) is 11. The van der Waals surface area contributed by atoms with Crippen LogP contribution in [0.1, 0.15) is 124 Å².